The van der Waals surface area contributed by atoms with E-state index >= 15 is 0 Å². The van der Waals surface area contributed by atoms with Crippen molar-refractivity contribution in [2.45, 2.75) is 13.0 Å². The highest BCUT2D eigenvalue weighted by Gasteiger charge is 2.12. The number of aryl methyl sites for hydroxylation is 1. The van der Waals surface area contributed by atoms with Crippen LogP contribution in [-0.2, 0) is 18.3 Å². The average Bonchev–Trinajstić information content (AvgIpc) is 3.03. The van der Waals surface area contributed by atoms with Crippen LogP contribution in [0.2, 0.25) is 0 Å². The molecule has 1 aliphatic heterocycles. The molecule has 2 aromatic heterocycles. The Morgan fingerprint density at radius 3 is 2.71 bits per heavy atom. The van der Waals surface area contributed by atoms with Gasteiger partial charge in [-0.2, -0.15) is 0 Å². The van der Waals surface area contributed by atoms with Crippen LogP contribution in [0.25, 0.3) is 16.8 Å². The van der Waals surface area contributed by atoms with Gasteiger partial charge in [-0.15, -0.1) is 5.10 Å². The molecule has 0 unspecified atom stereocenters. The normalized spacial score (nSPS) is 15.3. The lowest BCUT2D eigenvalue weighted by Gasteiger charge is -2.26. The summed E-state index contributed by atoms with van der Waals surface area (Å²) in [5.41, 5.74) is 3.74. The van der Waals surface area contributed by atoms with Crippen molar-refractivity contribution in [1.82, 2.24) is 24.4 Å². The number of nitrogens with zero attached hydrogens (tertiary/aromatic N) is 4. The third kappa shape index (κ3) is 4.16. The van der Waals surface area contributed by atoms with Gasteiger partial charge in [-0.25, -0.2) is 13.9 Å². The molecule has 1 N–H and O–H groups in total. The molecule has 0 spiro atoms. The lowest BCUT2D eigenvalue weighted by atomic mass is 10.1. The molecule has 0 saturated carbocycles. The topological polar surface area (TPSA) is 63.8 Å². The SMILES string of the molecule is Cn1nc2c(CNCCCN3CCOCC3)cc(-c3ccccc3)cn2c1=O. The van der Waals surface area contributed by atoms with Crippen LogP contribution in [0.15, 0.2) is 47.4 Å². The van der Waals surface area contributed by atoms with Crippen LogP contribution in [-0.4, -0.2) is 58.5 Å². The Balaban J connectivity index is 1.47. The van der Waals surface area contributed by atoms with Crippen LogP contribution in [0.5, 0.6) is 0 Å². The molecule has 0 aliphatic carbocycles. The summed E-state index contributed by atoms with van der Waals surface area (Å²) in [4.78, 5) is 14.9. The maximum absolute atomic E-state index is 12.4. The Hall–Kier alpha value is -2.48. The third-order valence-electron chi connectivity index (χ3n) is 5.20. The average molecular weight is 381 g/mol. The van der Waals surface area contributed by atoms with E-state index in [1.165, 1.54) is 4.68 Å². The van der Waals surface area contributed by atoms with E-state index in [2.05, 4.69) is 33.5 Å². The quantitative estimate of drug-likeness (QED) is 0.629. The summed E-state index contributed by atoms with van der Waals surface area (Å²) in [6.07, 6.45) is 2.96. The van der Waals surface area contributed by atoms with Crippen LogP contribution in [0, 0.1) is 0 Å². The number of hydrogen-bond acceptors (Lipinski definition) is 5. The van der Waals surface area contributed by atoms with Crippen molar-refractivity contribution in [3.05, 3.63) is 58.6 Å². The van der Waals surface area contributed by atoms with Crippen molar-refractivity contribution >= 4 is 5.65 Å². The molecule has 0 radical (unpaired) electrons. The zero-order valence-electron chi connectivity index (χ0n) is 16.3. The molecular formula is C21H27N5O2. The summed E-state index contributed by atoms with van der Waals surface area (Å²) in [6, 6.07) is 12.3. The number of hydrogen-bond donors (Lipinski definition) is 1. The van der Waals surface area contributed by atoms with Crippen LogP contribution in [0.3, 0.4) is 0 Å². The zero-order chi connectivity index (χ0) is 19.3. The van der Waals surface area contributed by atoms with Gasteiger partial charge in [0.15, 0.2) is 5.65 Å². The number of nitrogens with one attached hydrogen (secondary N) is 1. The first-order valence-electron chi connectivity index (χ1n) is 9.87. The van der Waals surface area contributed by atoms with E-state index in [-0.39, 0.29) is 5.69 Å². The van der Waals surface area contributed by atoms with Crippen LogP contribution in [0.4, 0.5) is 0 Å². The predicted molar refractivity (Wildman–Crippen MR) is 109 cm³/mol. The molecule has 3 aromatic rings. The fraction of sp³-hybridized carbons (Fsp3) is 0.429. The Morgan fingerprint density at radius 1 is 1.14 bits per heavy atom. The second-order valence-corrected chi connectivity index (χ2v) is 7.20. The molecule has 3 heterocycles. The maximum atomic E-state index is 12.4. The van der Waals surface area contributed by atoms with E-state index in [0.29, 0.717) is 12.2 Å². The van der Waals surface area contributed by atoms with Gasteiger partial charge in [-0.1, -0.05) is 30.3 Å². The summed E-state index contributed by atoms with van der Waals surface area (Å²) < 4.78 is 8.43. The number of benzene rings is 1. The fourth-order valence-corrected chi connectivity index (χ4v) is 3.64. The van der Waals surface area contributed by atoms with Crippen molar-refractivity contribution in [2.24, 2.45) is 7.05 Å². The van der Waals surface area contributed by atoms with Gasteiger partial charge in [0.1, 0.15) is 0 Å². The maximum Gasteiger partial charge on any atom is 0.350 e. The van der Waals surface area contributed by atoms with Gasteiger partial charge < -0.3 is 10.1 Å². The van der Waals surface area contributed by atoms with Crippen LogP contribution in [0.1, 0.15) is 12.0 Å². The van der Waals surface area contributed by atoms with Gasteiger partial charge in [0.05, 0.1) is 13.2 Å². The van der Waals surface area contributed by atoms with E-state index < -0.39 is 0 Å². The van der Waals surface area contributed by atoms with Crippen molar-refractivity contribution in [2.75, 3.05) is 39.4 Å². The van der Waals surface area contributed by atoms with Gasteiger partial charge in [-0.3, -0.25) is 4.90 Å². The van der Waals surface area contributed by atoms with Crippen molar-refractivity contribution in [3.8, 4) is 11.1 Å². The van der Waals surface area contributed by atoms with Gasteiger partial charge in [-0.05, 0) is 36.7 Å². The molecule has 0 atom stereocenters. The summed E-state index contributed by atoms with van der Waals surface area (Å²) in [6.45, 7) is 6.42. The molecule has 1 aromatic carbocycles. The highest BCUT2D eigenvalue weighted by atomic mass is 16.5. The number of aromatic nitrogens is 3. The Labute approximate surface area is 164 Å². The smallest absolute Gasteiger partial charge is 0.350 e. The summed E-state index contributed by atoms with van der Waals surface area (Å²) in [5, 5.41) is 7.94. The minimum Gasteiger partial charge on any atom is -0.379 e. The number of rotatable bonds is 7. The molecular weight excluding hydrogens is 354 g/mol. The number of ether oxygens (including phenoxy) is 1. The minimum atomic E-state index is -0.124. The molecule has 7 nitrogen and oxygen atoms in total. The second kappa shape index (κ2) is 8.68. The molecule has 0 amide bonds. The first-order chi connectivity index (χ1) is 13.7. The van der Waals surface area contributed by atoms with E-state index in [1.54, 1.807) is 11.4 Å². The van der Waals surface area contributed by atoms with E-state index in [9.17, 15) is 4.79 Å². The Bertz CT molecular complexity index is 974. The van der Waals surface area contributed by atoms with Crippen LogP contribution >= 0.6 is 0 Å². The van der Waals surface area contributed by atoms with E-state index in [4.69, 9.17) is 4.74 Å². The Kier molecular flexibility index (Phi) is 5.85. The summed E-state index contributed by atoms with van der Waals surface area (Å²) in [5.74, 6) is 0. The van der Waals surface area contributed by atoms with Crippen molar-refractivity contribution in [3.63, 3.8) is 0 Å². The summed E-state index contributed by atoms with van der Waals surface area (Å²) >= 11 is 0. The van der Waals surface area contributed by atoms with Gasteiger partial charge in [0.2, 0.25) is 0 Å². The molecule has 1 aliphatic rings. The Morgan fingerprint density at radius 2 is 1.93 bits per heavy atom. The summed E-state index contributed by atoms with van der Waals surface area (Å²) in [7, 11) is 1.69. The number of pyridine rings is 1. The largest absolute Gasteiger partial charge is 0.379 e. The molecule has 148 valence electrons. The van der Waals surface area contributed by atoms with Crippen molar-refractivity contribution in [1.29, 1.82) is 0 Å². The first-order valence-corrected chi connectivity index (χ1v) is 9.87. The van der Waals surface area contributed by atoms with Gasteiger partial charge in [0, 0.05) is 38.4 Å². The van der Waals surface area contributed by atoms with Crippen molar-refractivity contribution < 1.29 is 4.74 Å². The lowest BCUT2D eigenvalue weighted by molar-refractivity contribution is 0.0374. The minimum absolute atomic E-state index is 0.124. The zero-order valence-corrected chi connectivity index (χ0v) is 16.3. The molecule has 1 fully saturated rings. The van der Waals surface area contributed by atoms with Gasteiger partial charge >= 0.3 is 5.69 Å². The molecule has 4 rings (SSSR count). The third-order valence-corrected chi connectivity index (χ3v) is 5.20. The predicted octanol–water partition coefficient (Wildman–Crippen LogP) is 1.51. The van der Waals surface area contributed by atoms with Crippen LogP contribution < -0.4 is 11.0 Å². The second-order valence-electron chi connectivity index (χ2n) is 7.20. The molecule has 28 heavy (non-hydrogen) atoms. The van der Waals surface area contributed by atoms with Gasteiger partial charge in [0.25, 0.3) is 0 Å². The van der Waals surface area contributed by atoms with E-state index in [1.807, 2.05) is 24.4 Å². The monoisotopic (exact) mass is 381 g/mol. The molecule has 1 saturated heterocycles. The standard InChI is InChI=1S/C21H27N5O2/c1-24-21(27)26-16-19(17-6-3-2-4-7-17)14-18(20(26)23-24)15-22-8-5-9-25-10-12-28-13-11-25/h2-4,6-7,14,16,22H,5,8-13,15H2,1H3. The first kappa shape index (κ1) is 18.9. The lowest BCUT2D eigenvalue weighted by Crippen LogP contribution is -2.37. The molecule has 7 heteroatoms. The highest BCUT2D eigenvalue weighted by Crippen LogP contribution is 2.21. The van der Waals surface area contributed by atoms with E-state index in [0.717, 1.165) is 62.5 Å². The number of fused-ring (bicyclic) bond motifs is 1. The fourth-order valence-electron chi connectivity index (χ4n) is 3.64. The highest BCUT2D eigenvalue weighted by molar-refractivity contribution is 5.66. The molecule has 0 bridgehead atoms. The number of morpholine rings is 1.